The van der Waals surface area contributed by atoms with Crippen molar-refractivity contribution in [1.82, 2.24) is 9.78 Å². The molecule has 0 aliphatic rings. The standard InChI is InChI=1S/C13H17N3O/c1-4-9-6-5-7-10(12(9)17-3)11-8-15-16(2)13(11)14/h5-8H,4,14H2,1-3H3. The lowest BCUT2D eigenvalue weighted by molar-refractivity contribution is 0.412. The molecule has 90 valence electrons. The van der Waals surface area contributed by atoms with Crippen LogP contribution in [0.2, 0.25) is 0 Å². The van der Waals surface area contributed by atoms with Crippen molar-refractivity contribution < 1.29 is 4.74 Å². The van der Waals surface area contributed by atoms with Crippen LogP contribution in [0.1, 0.15) is 12.5 Å². The molecule has 0 fully saturated rings. The molecule has 4 nitrogen and oxygen atoms in total. The smallest absolute Gasteiger partial charge is 0.130 e. The Morgan fingerprint density at radius 2 is 2.12 bits per heavy atom. The van der Waals surface area contributed by atoms with Crippen molar-refractivity contribution in [2.24, 2.45) is 7.05 Å². The molecule has 0 aliphatic carbocycles. The number of nitrogens with zero attached hydrogens (tertiary/aromatic N) is 2. The molecule has 1 aromatic carbocycles. The molecule has 0 unspecified atom stereocenters. The van der Waals surface area contributed by atoms with Crippen LogP contribution < -0.4 is 10.5 Å². The summed E-state index contributed by atoms with van der Waals surface area (Å²) in [6.45, 7) is 2.11. The largest absolute Gasteiger partial charge is 0.496 e. The molecular weight excluding hydrogens is 214 g/mol. The summed E-state index contributed by atoms with van der Waals surface area (Å²) in [6.07, 6.45) is 2.70. The summed E-state index contributed by atoms with van der Waals surface area (Å²) in [4.78, 5) is 0. The predicted molar refractivity (Wildman–Crippen MR) is 69.0 cm³/mol. The third-order valence-electron chi connectivity index (χ3n) is 2.96. The Morgan fingerprint density at radius 3 is 2.65 bits per heavy atom. The van der Waals surface area contributed by atoms with Gasteiger partial charge in [-0.3, -0.25) is 4.68 Å². The molecule has 0 amide bonds. The second-order valence-corrected chi connectivity index (χ2v) is 3.92. The lowest BCUT2D eigenvalue weighted by atomic mass is 10.0. The quantitative estimate of drug-likeness (QED) is 0.881. The van der Waals surface area contributed by atoms with E-state index in [2.05, 4.69) is 18.1 Å². The molecule has 1 aromatic heterocycles. The minimum atomic E-state index is 0.650. The van der Waals surface area contributed by atoms with Gasteiger partial charge in [-0.1, -0.05) is 25.1 Å². The Hall–Kier alpha value is -1.97. The van der Waals surface area contributed by atoms with Crippen molar-refractivity contribution in [3.63, 3.8) is 0 Å². The van der Waals surface area contributed by atoms with E-state index in [4.69, 9.17) is 10.5 Å². The van der Waals surface area contributed by atoms with Crippen molar-refractivity contribution in [3.8, 4) is 16.9 Å². The van der Waals surface area contributed by atoms with Gasteiger partial charge in [-0.25, -0.2) is 0 Å². The van der Waals surface area contributed by atoms with E-state index >= 15 is 0 Å². The Balaban J connectivity index is 2.63. The fraction of sp³-hybridized carbons (Fsp3) is 0.308. The Bertz CT molecular complexity index is 531. The zero-order valence-corrected chi connectivity index (χ0v) is 10.4. The monoisotopic (exact) mass is 231 g/mol. The Kier molecular flexibility index (Phi) is 3.04. The molecule has 4 heteroatoms. The van der Waals surface area contributed by atoms with Gasteiger partial charge in [0.2, 0.25) is 0 Å². The van der Waals surface area contributed by atoms with E-state index in [1.165, 1.54) is 5.56 Å². The fourth-order valence-electron chi connectivity index (χ4n) is 1.97. The average Bonchev–Trinajstić information content (AvgIpc) is 2.69. The lowest BCUT2D eigenvalue weighted by Gasteiger charge is -2.12. The maximum Gasteiger partial charge on any atom is 0.130 e. The van der Waals surface area contributed by atoms with Gasteiger partial charge in [0.05, 0.1) is 13.3 Å². The summed E-state index contributed by atoms with van der Waals surface area (Å²) >= 11 is 0. The van der Waals surface area contributed by atoms with Gasteiger partial charge in [-0.05, 0) is 12.0 Å². The minimum absolute atomic E-state index is 0.650. The van der Waals surface area contributed by atoms with Crippen LogP contribution in [0.25, 0.3) is 11.1 Å². The SMILES string of the molecule is CCc1cccc(-c2cnn(C)c2N)c1OC. The number of hydrogen-bond acceptors (Lipinski definition) is 3. The van der Waals surface area contributed by atoms with Crippen molar-refractivity contribution in [1.29, 1.82) is 0 Å². The summed E-state index contributed by atoms with van der Waals surface area (Å²) in [6, 6.07) is 6.09. The van der Waals surface area contributed by atoms with Crippen LogP contribution in [0.3, 0.4) is 0 Å². The third kappa shape index (κ3) is 1.86. The van der Waals surface area contributed by atoms with Crippen LogP contribution in [-0.4, -0.2) is 16.9 Å². The summed E-state index contributed by atoms with van der Waals surface area (Å²) in [5.41, 5.74) is 9.08. The van der Waals surface area contributed by atoms with E-state index in [0.29, 0.717) is 5.82 Å². The topological polar surface area (TPSA) is 53.1 Å². The maximum absolute atomic E-state index is 5.99. The van der Waals surface area contributed by atoms with Crippen LogP contribution in [-0.2, 0) is 13.5 Å². The second kappa shape index (κ2) is 4.49. The molecule has 0 spiro atoms. The molecule has 0 radical (unpaired) electrons. The number of anilines is 1. The molecule has 1 heterocycles. The molecule has 0 saturated heterocycles. The van der Waals surface area contributed by atoms with Crippen molar-refractivity contribution in [3.05, 3.63) is 30.0 Å². The number of para-hydroxylation sites is 1. The summed E-state index contributed by atoms with van der Waals surface area (Å²) < 4.78 is 7.15. The van der Waals surface area contributed by atoms with E-state index in [0.717, 1.165) is 23.3 Å². The number of aromatic nitrogens is 2. The number of aryl methyl sites for hydroxylation is 2. The zero-order chi connectivity index (χ0) is 12.4. The molecule has 0 bridgehead atoms. The number of benzene rings is 1. The first-order valence-corrected chi connectivity index (χ1v) is 5.62. The van der Waals surface area contributed by atoms with E-state index in [9.17, 15) is 0 Å². The number of methoxy groups -OCH3 is 1. The van der Waals surface area contributed by atoms with Gasteiger partial charge in [0.25, 0.3) is 0 Å². The van der Waals surface area contributed by atoms with Crippen LogP contribution in [0, 0.1) is 0 Å². The first kappa shape index (κ1) is 11.5. The van der Waals surface area contributed by atoms with Gasteiger partial charge < -0.3 is 10.5 Å². The number of rotatable bonds is 3. The van der Waals surface area contributed by atoms with E-state index in [1.807, 2.05) is 19.2 Å². The number of nitrogen functional groups attached to an aromatic ring is 1. The highest BCUT2D eigenvalue weighted by Crippen LogP contribution is 2.35. The first-order valence-electron chi connectivity index (χ1n) is 5.62. The fourth-order valence-corrected chi connectivity index (χ4v) is 1.97. The average molecular weight is 231 g/mol. The maximum atomic E-state index is 5.99. The molecule has 0 atom stereocenters. The second-order valence-electron chi connectivity index (χ2n) is 3.92. The molecule has 0 aliphatic heterocycles. The lowest BCUT2D eigenvalue weighted by Crippen LogP contribution is -1.99. The highest BCUT2D eigenvalue weighted by atomic mass is 16.5. The summed E-state index contributed by atoms with van der Waals surface area (Å²) in [5.74, 6) is 1.53. The minimum Gasteiger partial charge on any atom is -0.496 e. The van der Waals surface area contributed by atoms with Gasteiger partial charge >= 0.3 is 0 Å². The molecule has 2 rings (SSSR count). The van der Waals surface area contributed by atoms with Gasteiger partial charge in [-0.2, -0.15) is 5.10 Å². The molecule has 17 heavy (non-hydrogen) atoms. The Morgan fingerprint density at radius 1 is 1.35 bits per heavy atom. The van der Waals surface area contributed by atoms with Crippen LogP contribution in [0.5, 0.6) is 5.75 Å². The third-order valence-corrected chi connectivity index (χ3v) is 2.96. The summed E-state index contributed by atoms with van der Waals surface area (Å²) in [7, 11) is 3.51. The molecule has 2 aromatic rings. The van der Waals surface area contributed by atoms with E-state index in [-0.39, 0.29) is 0 Å². The number of hydrogen-bond donors (Lipinski definition) is 1. The Labute approximate surface area is 101 Å². The highest BCUT2D eigenvalue weighted by molar-refractivity contribution is 5.79. The number of ether oxygens (including phenoxy) is 1. The molecular formula is C13H17N3O. The van der Waals surface area contributed by atoms with Gasteiger partial charge in [0, 0.05) is 18.2 Å². The van der Waals surface area contributed by atoms with E-state index in [1.54, 1.807) is 18.0 Å². The zero-order valence-electron chi connectivity index (χ0n) is 10.4. The van der Waals surface area contributed by atoms with Crippen molar-refractivity contribution >= 4 is 5.82 Å². The van der Waals surface area contributed by atoms with Gasteiger partial charge in [0.15, 0.2) is 0 Å². The van der Waals surface area contributed by atoms with Crippen molar-refractivity contribution in [2.75, 3.05) is 12.8 Å². The highest BCUT2D eigenvalue weighted by Gasteiger charge is 2.14. The molecule has 2 N–H and O–H groups in total. The van der Waals surface area contributed by atoms with Crippen molar-refractivity contribution in [2.45, 2.75) is 13.3 Å². The van der Waals surface area contributed by atoms with Crippen LogP contribution in [0.4, 0.5) is 5.82 Å². The predicted octanol–water partition coefficient (Wildman–Crippen LogP) is 2.24. The van der Waals surface area contributed by atoms with Crippen LogP contribution >= 0.6 is 0 Å². The van der Waals surface area contributed by atoms with E-state index < -0.39 is 0 Å². The number of nitrogens with two attached hydrogens (primary N) is 1. The molecule has 0 saturated carbocycles. The summed E-state index contributed by atoms with van der Waals surface area (Å²) in [5, 5.41) is 4.16. The normalized spacial score (nSPS) is 10.5. The van der Waals surface area contributed by atoms with Gasteiger partial charge in [0.1, 0.15) is 11.6 Å². The first-order chi connectivity index (χ1) is 8.19. The van der Waals surface area contributed by atoms with Crippen LogP contribution in [0.15, 0.2) is 24.4 Å². The van der Waals surface area contributed by atoms with Gasteiger partial charge in [-0.15, -0.1) is 0 Å².